The third kappa shape index (κ3) is 4.08. The van der Waals surface area contributed by atoms with Crippen LogP contribution >= 0.6 is 11.6 Å². The summed E-state index contributed by atoms with van der Waals surface area (Å²) >= 11 is 5.63. The molecule has 0 spiro atoms. The highest BCUT2D eigenvalue weighted by Crippen LogP contribution is 2.27. The van der Waals surface area contributed by atoms with Crippen LogP contribution in [0, 0.1) is 0 Å². The zero-order valence-corrected chi connectivity index (χ0v) is 11.6. The van der Waals surface area contributed by atoms with Gasteiger partial charge in [-0.3, -0.25) is 9.59 Å². The van der Waals surface area contributed by atoms with Gasteiger partial charge in [-0.2, -0.15) is 13.2 Å². The highest BCUT2D eigenvalue weighted by Gasteiger charge is 2.31. The molecule has 0 aliphatic rings. The van der Waals surface area contributed by atoms with Crippen molar-refractivity contribution >= 4 is 23.3 Å². The van der Waals surface area contributed by atoms with Crippen LogP contribution in [-0.2, 0) is 17.5 Å². The number of nitrogens with zero attached hydrogens (tertiary/aromatic N) is 2. The molecule has 0 fully saturated rings. The minimum Gasteiger partial charge on any atom is -0.309 e. The second-order valence-corrected chi connectivity index (χ2v) is 4.73. The lowest BCUT2D eigenvalue weighted by molar-refractivity contribution is -0.138. The van der Waals surface area contributed by atoms with Crippen LogP contribution in [0.15, 0.2) is 41.5 Å². The number of anilines is 1. The quantitative estimate of drug-likeness (QED) is 0.940. The fraction of sp³-hybridized carbons (Fsp3) is 0.154. The molecule has 0 aliphatic heterocycles. The molecular weight excluding hydrogens is 323 g/mol. The van der Waals surface area contributed by atoms with Crippen molar-refractivity contribution in [2.75, 3.05) is 5.32 Å². The van der Waals surface area contributed by atoms with Crippen LogP contribution in [0.1, 0.15) is 5.56 Å². The number of rotatable bonds is 3. The van der Waals surface area contributed by atoms with Crippen molar-refractivity contribution in [3.05, 3.63) is 57.6 Å². The molecular formula is C13H9ClF3N3O2. The van der Waals surface area contributed by atoms with E-state index in [2.05, 4.69) is 10.3 Å². The summed E-state index contributed by atoms with van der Waals surface area (Å²) in [5, 5.41) is 2.72. The number of pyridine rings is 2. The van der Waals surface area contributed by atoms with E-state index < -0.39 is 29.8 Å². The fourth-order valence-electron chi connectivity index (χ4n) is 1.61. The van der Waals surface area contributed by atoms with E-state index in [4.69, 9.17) is 11.6 Å². The SMILES string of the molecule is O=C(Cn1cc(C(F)(F)F)ccc1=O)Nc1ccc(Cl)cn1. The molecule has 0 radical (unpaired) electrons. The standard InChI is InChI=1S/C13H9ClF3N3O2/c14-9-2-3-10(18-5-9)19-11(21)7-20-6-8(13(15,16)17)1-4-12(20)22/h1-6H,7H2,(H,18,19,21). The van der Waals surface area contributed by atoms with Crippen molar-refractivity contribution in [1.29, 1.82) is 0 Å². The Morgan fingerprint density at radius 2 is 2.00 bits per heavy atom. The Morgan fingerprint density at radius 1 is 1.27 bits per heavy atom. The molecule has 0 aromatic carbocycles. The molecule has 9 heteroatoms. The number of amides is 1. The summed E-state index contributed by atoms with van der Waals surface area (Å²) < 4.78 is 38.4. The van der Waals surface area contributed by atoms with Crippen LogP contribution in [0.5, 0.6) is 0 Å². The highest BCUT2D eigenvalue weighted by molar-refractivity contribution is 6.30. The number of hydrogen-bond acceptors (Lipinski definition) is 3. The van der Waals surface area contributed by atoms with E-state index in [0.29, 0.717) is 21.9 Å². The maximum absolute atomic E-state index is 12.6. The van der Waals surface area contributed by atoms with Gasteiger partial charge in [0.15, 0.2) is 0 Å². The van der Waals surface area contributed by atoms with Gasteiger partial charge in [-0.05, 0) is 18.2 Å². The van der Waals surface area contributed by atoms with E-state index in [9.17, 15) is 22.8 Å². The van der Waals surface area contributed by atoms with Crippen molar-refractivity contribution in [3.63, 3.8) is 0 Å². The monoisotopic (exact) mass is 331 g/mol. The predicted molar refractivity (Wildman–Crippen MR) is 73.6 cm³/mol. The van der Waals surface area contributed by atoms with Crippen molar-refractivity contribution < 1.29 is 18.0 Å². The first-order chi connectivity index (χ1) is 10.3. The van der Waals surface area contributed by atoms with Gasteiger partial charge in [0.2, 0.25) is 5.91 Å². The van der Waals surface area contributed by atoms with Gasteiger partial charge in [-0.1, -0.05) is 11.6 Å². The Morgan fingerprint density at radius 3 is 2.59 bits per heavy atom. The van der Waals surface area contributed by atoms with Crippen LogP contribution in [0.25, 0.3) is 0 Å². The first-order valence-corrected chi connectivity index (χ1v) is 6.32. The Balaban J connectivity index is 2.14. The van der Waals surface area contributed by atoms with Crippen molar-refractivity contribution in [3.8, 4) is 0 Å². The number of halogens is 4. The van der Waals surface area contributed by atoms with E-state index in [1.165, 1.54) is 18.3 Å². The number of carbonyl (C=O) groups is 1. The average Bonchev–Trinajstić information content (AvgIpc) is 2.42. The van der Waals surface area contributed by atoms with Gasteiger partial charge in [-0.25, -0.2) is 4.98 Å². The van der Waals surface area contributed by atoms with Gasteiger partial charge in [-0.15, -0.1) is 0 Å². The summed E-state index contributed by atoms with van der Waals surface area (Å²) in [7, 11) is 0. The number of carbonyl (C=O) groups excluding carboxylic acids is 1. The Hall–Kier alpha value is -2.35. The lowest BCUT2D eigenvalue weighted by Gasteiger charge is -2.10. The maximum atomic E-state index is 12.6. The van der Waals surface area contributed by atoms with Crippen LogP contribution in [-0.4, -0.2) is 15.5 Å². The molecule has 2 aromatic rings. The fourth-order valence-corrected chi connectivity index (χ4v) is 1.72. The summed E-state index contributed by atoms with van der Waals surface area (Å²) in [4.78, 5) is 27.1. The molecule has 22 heavy (non-hydrogen) atoms. The molecule has 0 aliphatic carbocycles. The number of aromatic nitrogens is 2. The van der Waals surface area contributed by atoms with E-state index in [0.717, 1.165) is 6.07 Å². The highest BCUT2D eigenvalue weighted by atomic mass is 35.5. The van der Waals surface area contributed by atoms with Crippen molar-refractivity contribution in [1.82, 2.24) is 9.55 Å². The lowest BCUT2D eigenvalue weighted by Crippen LogP contribution is -2.28. The smallest absolute Gasteiger partial charge is 0.309 e. The van der Waals surface area contributed by atoms with E-state index in [-0.39, 0.29) is 5.82 Å². The van der Waals surface area contributed by atoms with Crippen LogP contribution in [0.3, 0.4) is 0 Å². The minimum absolute atomic E-state index is 0.175. The molecule has 2 aromatic heterocycles. The largest absolute Gasteiger partial charge is 0.417 e. The molecule has 0 saturated heterocycles. The van der Waals surface area contributed by atoms with Crippen LogP contribution in [0.4, 0.5) is 19.0 Å². The second-order valence-electron chi connectivity index (χ2n) is 4.29. The van der Waals surface area contributed by atoms with Crippen LogP contribution < -0.4 is 10.9 Å². The van der Waals surface area contributed by atoms with Gasteiger partial charge < -0.3 is 9.88 Å². The second kappa shape index (κ2) is 6.18. The molecule has 2 heterocycles. The summed E-state index contributed by atoms with van der Waals surface area (Å²) in [6.45, 7) is -0.562. The summed E-state index contributed by atoms with van der Waals surface area (Å²) in [5.41, 5.74) is -1.73. The van der Waals surface area contributed by atoms with Gasteiger partial charge in [0.1, 0.15) is 12.4 Å². The zero-order valence-electron chi connectivity index (χ0n) is 10.9. The summed E-state index contributed by atoms with van der Waals surface area (Å²) in [6.07, 6.45) is -2.70. The van der Waals surface area contributed by atoms with E-state index >= 15 is 0 Å². The minimum atomic E-state index is -4.59. The van der Waals surface area contributed by atoms with Crippen LogP contribution in [0.2, 0.25) is 5.02 Å². The third-order valence-electron chi connectivity index (χ3n) is 2.62. The normalized spacial score (nSPS) is 11.3. The summed E-state index contributed by atoms with van der Waals surface area (Å²) in [5.74, 6) is -0.509. The van der Waals surface area contributed by atoms with Gasteiger partial charge in [0.05, 0.1) is 10.6 Å². The van der Waals surface area contributed by atoms with E-state index in [1.54, 1.807) is 0 Å². The molecule has 2 rings (SSSR count). The number of alkyl halides is 3. The van der Waals surface area contributed by atoms with Crippen molar-refractivity contribution in [2.24, 2.45) is 0 Å². The molecule has 1 N–H and O–H groups in total. The van der Waals surface area contributed by atoms with Gasteiger partial charge >= 0.3 is 6.18 Å². The zero-order chi connectivity index (χ0) is 16.3. The molecule has 1 amide bonds. The molecule has 0 unspecified atom stereocenters. The first-order valence-electron chi connectivity index (χ1n) is 5.95. The molecule has 0 bridgehead atoms. The first kappa shape index (κ1) is 16.0. The van der Waals surface area contributed by atoms with Crippen molar-refractivity contribution in [2.45, 2.75) is 12.7 Å². The number of hydrogen-bond donors (Lipinski definition) is 1. The average molecular weight is 332 g/mol. The molecule has 116 valence electrons. The Bertz CT molecular complexity index is 741. The predicted octanol–water partition coefficient (Wildman–Crippen LogP) is 2.55. The molecule has 5 nitrogen and oxygen atoms in total. The topological polar surface area (TPSA) is 64.0 Å². The summed E-state index contributed by atoms with van der Waals surface area (Å²) in [6, 6.07) is 4.34. The third-order valence-corrected chi connectivity index (χ3v) is 2.84. The molecule has 0 atom stereocenters. The van der Waals surface area contributed by atoms with E-state index in [1.807, 2.05) is 0 Å². The van der Waals surface area contributed by atoms with Gasteiger partial charge in [0.25, 0.3) is 5.56 Å². The molecule has 0 saturated carbocycles. The Kier molecular flexibility index (Phi) is 4.51. The van der Waals surface area contributed by atoms with Gasteiger partial charge in [0, 0.05) is 18.5 Å². The lowest BCUT2D eigenvalue weighted by atomic mass is 10.3. The maximum Gasteiger partial charge on any atom is 0.417 e. The number of nitrogens with one attached hydrogen (secondary N) is 1. The Labute approximate surface area is 127 Å².